The van der Waals surface area contributed by atoms with Gasteiger partial charge in [-0.25, -0.2) is 4.98 Å². The first-order valence-corrected chi connectivity index (χ1v) is 10.2. The largest absolute Gasteiger partial charge is 0.309 e. The van der Waals surface area contributed by atoms with E-state index in [2.05, 4.69) is 27.5 Å². The number of carbonyl (C=O) groups is 3. The second kappa shape index (κ2) is 8.96. The molecule has 158 valence electrons. The van der Waals surface area contributed by atoms with Gasteiger partial charge in [-0.2, -0.15) is 0 Å². The topological polar surface area (TPSA) is 88.2 Å². The fourth-order valence-electron chi connectivity index (χ4n) is 3.40. The molecule has 2 aromatic carbocycles. The minimum absolute atomic E-state index is 0.0909. The van der Waals surface area contributed by atoms with Crippen molar-refractivity contribution in [1.82, 2.24) is 10.3 Å². The molecule has 1 amide bonds. The van der Waals surface area contributed by atoms with Gasteiger partial charge in [-0.05, 0) is 55.8 Å². The maximum Gasteiger partial charge on any atom is 0.242 e. The Kier molecular flexibility index (Phi) is 5.93. The zero-order valence-electron chi connectivity index (χ0n) is 17.7. The van der Waals surface area contributed by atoms with Crippen molar-refractivity contribution in [2.45, 2.75) is 19.4 Å². The zero-order valence-corrected chi connectivity index (χ0v) is 17.7. The van der Waals surface area contributed by atoms with Gasteiger partial charge in [0.25, 0.3) is 0 Å². The number of Topliss-reactive ketones (excluding diaryl/α,β-unsaturated/α-hetero) is 2. The maximum absolute atomic E-state index is 12.3. The van der Waals surface area contributed by atoms with Crippen molar-refractivity contribution in [2.75, 3.05) is 12.4 Å². The molecule has 6 heteroatoms. The van der Waals surface area contributed by atoms with Gasteiger partial charge in [-0.15, -0.1) is 0 Å². The Morgan fingerprint density at radius 1 is 0.938 bits per heavy atom. The number of hydrogen-bond donors (Lipinski definition) is 2. The number of benzene rings is 2. The molecule has 3 aromatic rings. The lowest BCUT2D eigenvalue weighted by Crippen LogP contribution is -2.35. The summed E-state index contributed by atoms with van der Waals surface area (Å²) >= 11 is 0. The number of pyridine rings is 1. The van der Waals surface area contributed by atoms with Gasteiger partial charge in [0, 0.05) is 22.3 Å². The van der Waals surface area contributed by atoms with Gasteiger partial charge in [-0.1, -0.05) is 36.3 Å². The predicted octanol–water partition coefficient (Wildman–Crippen LogP) is 3.46. The highest BCUT2D eigenvalue weighted by molar-refractivity contribution is 6.24. The van der Waals surface area contributed by atoms with Crippen molar-refractivity contribution >= 4 is 23.3 Å². The molecule has 0 saturated carbocycles. The van der Waals surface area contributed by atoms with Crippen molar-refractivity contribution in [3.63, 3.8) is 0 Å². The first-order valence-electron chi connectivity index (χ1n) is 10.2. The molecule has 0 radical (unpaired) electrons. The summed E-state index contributed by atoms with van der Waals surface area (Å²) in [6, 6.07) is 17.8. The van der Waals surface area contributed by atoms with Crippen LogP contribution in [-0.4, -0.2) is 35.5 Å². The van der Waals surface area contributed by atoms with Gasteiger partial charge in [0.15, 0.2) is 11.6 Å². The second-order valence-electron chi connectivity index (χ2n) is 7.49. The van der Waals surface area contributed by atoms with Gasteiger partial charge in [0.05, 0.1) is 12.5 Å². The molecule has 0 saturated heterocycles. The van der Waals surface area contributed by atoms with E-state index in [0.717, 1.165) is 11.1 Å². The van der Waals surface area contributed by atoms with Crippen molar-refractivity contribution in [3.05, 3.63) is 83.0 Å². The summed E-state index contributed by atoms with van der Waals surface area (Å²) in [6.45, 7) is 1.75. The molecule has 0 spiro atoms. The van der Waals surface area contributed by atoms with E-state index in [1.54, 1.807) is 38.2 Å². The van der Waals surface area contributed by atoms with E-state index in [-0.39, 0.29) is 29.9 Å². The molecule has 1 heterocycles. The fraction of sp³-hybridized carbons (Fsp3) is 0.154. The lowest BCUT2D eigenvalue weighted by atomic mass is 9.99. The number of anilines is 1. The number of amides is 1. The Balaban J connectivity index is 1.77. The smallest absolute Gasteiger partial charge is 0.242 e. The summed E-state index contributed by atoms with van der Waals surface area (Å²) in [6.07, 6.45) is -0.0909. The highest BCUT2D eigenvalue weighted by Gasteiger charge is 2.27. The van der Waals surface area contributed by atoms with Crippen LogP contribution in [0.2, 0.25) is 0 Å². The van der Waals surface area contributed by atoms with Crippen molar-refractivity contribution in [1.29, 1.82) is 0 Å². The quantitative estimate of drug-likeness (QED) is 0.496. The lowest BCUT2D eigenvalue weighted by Gasteiger charge is -2.12. The Labute approximate surface area is 186 Å². The predicted molar refractivity (Wildman–Crippen MR) is 123 cm³/mol. The first-order chi connectivity index (χ1) is 15.5. The van der Waals surface area contributed by atoms with Crippen LogP contribution < -0.4 is 10.6 Å². The van der Waals surface area contributed by atoms with Crippen LogP contribution in [-0.2, 0) is 4.79 Å². The van der Waals surface area contributed by atoms with Gasteiger partial charge < -0.3 is 10.6 Å². The molecule has 1 unspecified atom stereocenters. The number of hydrogen-bond acceptors (Lipinski definition) is 5. The maximum atomic E-state index is 12.3. The van der Waals surface area contributed by atoms with E-state index >= 15 is 0 Å². The van der Waals surface area contributed by atoms with Crippen LogP contribution in [0.25, 0.3) is 11.1 Å². The van der Waals surface area contributed by atoms with Crippen LogP contribution in [0.15, 0.2) is 60.7 Å². The van der Waals surface area contributed by atoms with Crippen LogP contribution in [0, 0.1) is 11.8 Å². The molecule has 1 atom stereocenters. The Morgan fingerprint density at radius 2 is 1.66 bits per heavy atom. The molecular weight excluding hydrogens is 402 g/mol. The number of carbonyl (C=O) groups excluding carboxylic acids is 3. The number of nitrogens with zero attached hydrogens (tertiary/aromatic N) is 1. The molecule has 0 bridgehead atoms. The standard InChI is InChI=1S/C26H21N3O3/c1-16(27-2)26(32)29-25-13-11-19(22(28-25)12-8-17-6-4-3-5-7-17)18-9-10-20-21(14-18)24(31)15-23(20)30/h3-7,9-11,13-14,16,27H,15H2,1-2H3,(H,28,29,32). The molecule has 1 aliphatic carbocycles. The molecule has 1 aromatic heterocycles. The van der Waals surface area contributed by atoms with Gasteiger partial charge in [0.1, 0.15) is 11.5 Å². The average molecular weight is 423 g/mol. The molecule has 0 aliphatic heterocycles. The number of likely N-dealkylation sites (N-methyl/N-ethyl adjacent to an activating group) is 1. The lowest BCUT2D eigenvalue weighted by molar-refractivity contribution is -0.117. The number of rotatable bonds is 4. The third kappa shape index (κ3) is 4.34. The molecule has 0 fully saturated rings. The van der Waals surface area contributed by atoms with Crippen LogP contribution in [0.1, 0.15) is 45.3 Å². The normalized spacial score (nSPS) is 13.2. The third-order valence-electron chi connectivity index (χ3n) is 5.32. The summed E-state index contributed by atoms with van der Waals surface area (Å²) in [5, 5.41) is 5.67. The summed E-state index contributed by atoms with van der Waals surface area (Å²) in [5.41, 5.74) is 3.61. The van der Waals surface area contributed by atoms with E-state index in [4.69, 9.17) is 0 Å². The van der Waals surface area contributed by atoms with Gasteiger partial charge in [0.2, 0.25) is 5.91 Å². The van der Waals surface area contributed by atoms with Crippen LogP contribution in [0.4, 0.5) is 5.82 Å². The van der Waals surface area contributed by atoms with Gasteiger partial charge in [-0.3, -0.25) is 14.4 Å². The molecule has 1 aliphatic rings. The van der Waals surface area contributed by atoms with E-state index < -0.39 is 0 Å². The van der Waals surface area contributed by atoms with Crippen molar-refractivity contribution in [3.8, 4) is 23.0 Å². The summed E-state index contributed by atoms with van der Waals surface area (Å²) in [4.78, 5) is 41.0. The summed E-state index contributed by atoms with van der Waals surface area (Å²) in [7, 11) is 1.71. The molecule has 32 heavy (non-hydrogen) atoms. The van der Waals surface area contributed by atoms with Gasteiger partial charge >= 0.3 is 0 Å². The minimum Gasteiger partial charge on any atom is -0.309 e. The molecule has 6 nitrogen and oxygen atoms in total. The first kappa shape index (κ1) is 21.2. The van der Waals surface area contributed by atoms with Crippen LogP contribution in [0.3, 0.4) is 0 Å². The number of ketones is 2. The fourth-order valence-corrected chi connectivity index (χ4v) is 3.40. The third-order valence-corrected chi connectivity index (χ3v) is 5.32. The van der Waals surface area contributed by atoms with E-state index in [9.17, 15) is 14.4 Å². The molecule has 2 N–H and O–H groups in total. The highest BCUT2D eigenvalue weighted by Crippen LogP contribution is 2.30. The number of aromatic nitrogens is 1. The summed E-state index contributed by atoms with van der Waals surface area (Å²) < 4.78 is 0. The Bertz CT molecular complexity index is 1290. The second-order valence-corrected chi connectivity index (χ2v) is 7.49. The Morgan fingerprint density at radius 3 is 2.41 bits per heavy atom. The van der Waals surface area contributed by atoms with Crippen molar-refractivity contribution < 1.29 is 14.4 Å². The van der Waals surface area contributed by atoms with E-state index in [0.29, 0.717) is 28.2 Å². The molecule has 4 rings (SSSR count). The zero-order chi connectivity index (χ0) is 22.7. The highest BCUT2D eigenvalue weighted by atomic mass is 16.2. The van der Waals surface area contributed by atoms with Crippen LogP contribution >= 0.6 is 0 Å². The monoisotopic (exact) mass is 423 g/mol. The number of fused-ring (bicyclic) bond motifs is 1. The molecular formula is C26H21N3O3. The Hall–Kier alpha value is -4.08. The minimum atomic E-state index is -0.379. The van der Waals surface area contributed by atoms with Crippen LogP contribution in [0.5, 0.6) is 0 Å². The SMILES string of the molecule is CNC(C)C(=O)Nc1ccc(-c2ccc3c(c2)C(=O)CC3=O)c(C#Cc2ccccc2)n1. The average Bonchev–Trinajstić information content (AvgIpc) is 3.10. The number of nitrogens with one attached hydrogen (secondary N) is 2. The summed E-state index contributed by atoms with van der Waals surface area (Å²) in [5.74, 6) is 6.02. The van der Waals surface area contributed by atoms with E-state index in [1.807, 2.05) is 36.4 Å². The van der Waals surface area contributed by atoms with Crippen molar-refractivity contribution in [2.24, 2.45) is 0 Å². The van der Waals surface area contributed by atoms with E-state index in [1.165, 1.54) is 0 Å².